The van der Waals surface area contributed by atoms with Crippen LogP contribution in [0.1, 0.15) is 35.8 Å². The zero-order chi connectivity index (χ0) is 24.3. The molecule has 0 saturated carbocycles. The number of imidazole rings is 1. The van der Waals surface area contributed by atoms with E-state index in [-0.39, 0.29) is 12.5 Å². The molecule has 2 atom stereocenters. The molecule has 3 aromatic rings. The molecule has 1 aliphatic heterocycles. The molecular weight excluding hydrogens is 446 g/mol. The number of aliphatic hydroxyl groups excluding tert-OH is 2. The van der Waals surface area contributed by atoms with Gasteiger partial charge >= 0.3 is 0 Å². The molecule has 1 aromatic heterocycles. The Morgan fingerprint density at radius 1 is 1.15 bits per heavy atom. The van der Waals surface area contributed by atoms with E-state index in [1.165, 1.54) is 5.56 Å². The number of hydrogen-bond donors (Lipinski definition) is 3. The van der Waals surface area contributed by atoms with Gasteiger partial charge in [0.2, 0.25) is 5.91 Å². The third-order valence-electron chi connectivity index (χ3n) is 5.97. The maximum atomic E-state index is 11.5. The third kappa shape index (κ3) is 5.13. The Hall–Kier alpha value is -3.22. The maximum Gasteiger partial charge on any atom is 0.248 e. The lowest BCUT2D eigenvalue weighted by Gasteiger charge is -2.39. The van der Waals surface area contributed by atoms with Gasteiger partial charge in [-0.1, -0.05) is 48.2 Å². The number of hydrogen-bond acceptors (Lipinski definition) is 5. The molecule has 1 aliphatic rings. The fraction of sp³-hybridized carbons (Fsp3) is 0.308. The summed E-state index contributed by atoms with van der Waals surface area (Å²) in [5.41, 5.74) is 4.15. The highest BCUT2D eigenvalue weighted by molar-refractivity contribution is 6.13. The van der Waals surface area contributed by atoms with Gasteiger partial charge < -0.3 is 24.8 Å². The molecule has 4 rings (SSSR count). The van der Waals surface area contributed by atoms with Crippen LogP contribution in [0.15, 0.2) is 60.9 Å². The monoisotopic (exact) mass is 472 g/mol. The lowest BCUT2D eigenvalue weighted by atomic mass is 9.90. The van der Waals surface area contributed by atoms with Gasteiger partial charge in [-0.3, -0.25) is 4.79 Å². The zero-order valence-electron chi connectivity index (χ0n) is 18.8. The maximum absolute atomic E-state index is 11.5. The average Bonchev–Trinajstić information content (AvgIpc) is 3.30. The Morgan fingerprint density at radius 2 is 1.76 bits per heavy atom. The summed E-state index contributed by atoms with van der Waals surface area (Å²) in [5.74, 6) is 6.60. The molecule has 3 N–H and O–H groups in total. The molecule has 0 bridgehead atoms. The molecule has 1 amide bonds. The normalized spacial score (nSPS) is 16.2. The standard InChI is InChI=1S/C26H26N3O4Si/c1-26(33,34)25-27-12-13-29(25)23(16-30)11-4-18-2-5-19(6-3-18)20-7-9-21(10-8-20)22-14-28(15-22)24(32)17-31/h2-3,5-10,12-13,22-23,30-31,33H,14-17H2,1H3/t23-,26-/m0/s1. The minimum atomic E-state index is -1.33. The van der Waals surface area contributed by atoms with Crippen molar-refractivity contribution in [2.75, 3.05) is 26.3 Å². The number of amides is 1. The van der Waals surface area contributed by atoms with E-state index in [0.29, 0.717) is 24.8 Å². The molecule has 0 spiro atoms. The molecule has 8 heteroatoms. The molecule has 0 aliphatic carbocycles. The van der Waals surface area contributed by atoms with Gasteiger partial charge in [0.1, 0.15) is 23.7 Å². The second kappa shape index (κ2) is 9.95. The molecule has 1 fully saturated rings. The van der Waals surface area contributed by atoms with Crippen molar-refractivity contribution in [2.45, 2.75) is 24.1 Å². The summed E-state index contributed by atoms with van der Waals surface area (Å²) in [7, 11) is 3.25. The summed E-state index contributed by atoms with van der Waals surface area (Å²) in [6.07, 6.45) is 3.24. The average molecular weight is 473 g/mol. The summed E-state index contributed by atoms with van der Waals surface area (Å²) >= 11 is 0. The van der Waals surface area contributed by atoms with E-state index >= 15 is 0 Å². The SMILES string of the molecule is C[C@](O)([Si])c1nccn1[C@@H](C#Cc1ccc(-c2ccc(C3CN(C(=O)CO)C3)cc2)cc1)CO. The molecule has 173 valence electrons. The van der Waals surface area contributed by atoms with Gasteiger partial charge in [0, 0.05) is 37.0 Å². The predicted octanol–water partition coefficient (Wildman–Crippen LogP) is 1.39. The predicted molar refractivity (Wildman–Crippen MR) is 129 cm³/mol. The van der Waals surface area contributed by atoms with E-state index in [1.54, 1.807) is 28.8 Å². The lowest BCUT2D eigenvalue weighted by Crippen LogP contribution is -2.49. The second-order valence-corrected chi connectivity index (χ2v) is 9.52. The van der Waals surface area contributed by atoms with Crippen LogP contribution in [0.2, 0.25) is 0 Å². The lowest BCUT2D eigenvalue weighted by molar-refractivity contribution is -0.138. The van der Waals surface area contributed by atoms with Crippen molar-refractivity contribution in [3.05, 3.63) is 77.9 Å². The molecule has 2 heterocycles. The van der Waals surface area contributed by atoms with Crippen LogP contribution in [0, 0.1) is 11.8 Å². The van der Waals surface area contributed by atoms with Crippen LogP contribution < -0.4 is 0 Å². The van der Waals surface area contributed by atoms with Crippen molar-refractivity contribution in [3.63, 3.8) is 0 Å². The van der Waals surface area contributed by atoms with Crippen molar-refractivity contribution < 1.29 is 20.1 Å². The van der Waals surface area contributed by atoms with Gasteiger partial charge in [-0.2, -0.15) is 0 Å². The molecule has 7 nitrogen and oxygen atoms in total. The van der Waals surface area contributed by atoms with Crippen LogP contribution >= 0.6 is 0 Å². The van der Waals surface area contributed by atoms with Crippen LogP contribution in [-0.4, -0.2) is 72.2 Å². The van der Waals surface area contributed by atoms with Crippen molar-refractivity contribution in [1.29, 1.82) is 0 Å². The fourth-order valence-corrected chi connectivity index (χ4v) is 4.19. The first kappa shape index (κ1) is 23.9. The van der Waals surface area contributed by atoms with E-state index in [9.17, 15) is 15.0 Å². The quantitative estimate of drug-likeness (QED) is 0.372. The summed E-state index contributed by atoms with van der Waals surface area (Å²) in [6, 6.07) is 15.6. The number of carbonyl (C=O) groups excluding carboxylic acids is 1. The highest BCUT2D eigenvalue weighted by atomic mass is 28.1. The van der Waals surface area contributed by atoms with Gasteiger partial charge in [-0.25, -0.2) is 4.98 Å². The van der Waals surface area contributed by atoms with Crippen LogP contribution in [0.3, 0.4) is 0 Å². The van der Waals surface area contributed by atoms with Gasteiger partial charge in [0.05, 0.1) is 16.8 Å². The Morgan fingerprint density at radius 3 is 2.32 bits per heavy atom. The number of benzene rings is 2. The first-order valence-corrected chi connectivity index (χ1v) is 11.5. The number of likely N-dealkylation sites (tertiary alicyclic amines) is 1. The highest BCUT2D eigenvalue weighted by Crippen LogP contribution is 2.29. The number of nitrogens with zero attached hydrogens (tertiary/aromatic N) is 3. The second-order valence-electron chi connectivity index (χ2n) is 8.55. The Balaban J connectivity index is 1.43. The molecule has 0 unspecified atom stereocenters. The number of carbonyl (C=O) groups is 1. The van der Waals surface area contributed by atoms with E-state index in [2.05, 4.69) is 51.3 Å². The van der Waals surface area contributed by atoms with Crippen molar-refractivity contribution in [2.24, 2.45) is 0 Å². The van der Waals surface area contributed by atoms with Crippen molar-refractivity contribution in [3.8, 4) is 23.0 Å². The summed E-state index contributed by atoms with van der Waals surface area (Å²) in [5, 5.41) is 27.6. The highest BCUT2D eigenvalue weighted by Gasteiger charge is 2.31. The van der Waals surface area contributed by atoms with Gasteiger partial charge in [0.25, 0.3) is 0 Å². The third-order valence-corrected chi connectivity index (χ3v) is 6.19. The number of rotatable bonds is 6. The van der Waals surface area contributed by atoms with Gasteiger partial charge in [-0.05, 0) is 35.7 Å². The molecule has 34 heavy (non-hydrogen) atoms. The summed E-state index contributed by atoms with van der Waals surface area (Å²) in [6.45, 7) is 2.21. The van der Waals surface area contributed by atoms with Crippen LogP contribution in [0.4, 0.5) is 0 Å². The molecule has 1 saturated heterocycles. The summed E-state index contributed by atoms with van der Waals surface area (Å²) < 4.78 is 1.65. The molecular formula is C26H26N3O4Si. The van der Waals surface area contributed by atoms with E-state index in [0.717, 1.165) is 16.7 Å². The van der Waals surface area contributed by atoms with Crippen LogP contribution in [-0.2, 0) is 10.0 Å². The van der Waals surface area contributed by atoms with E-state index < -0.39 is 17.9 Å². The van der Waals surface area contributed by atoms with Crippen LogP contribution in [0.5, 0.6) is 0 Å². The minimum Gasteiger partial charge on any atom is -0.393 e. The van der Waals surface area contributed by atoms with E-state index in [4.69, 9.17) is 5.11 Å². The Kier molecular flexibility index (Phi) is 7.00. The summed E-state index contributed by atoms with van der Waals surface area (Å²) in [4.78, 5) is 17.3. The molecule has 3 radical (unpaired) electrons. The number of aromatic nitrogens is 2. The first-order chi connectivity index (χ1) is 16.3. The smallest absolute Gasteiger partial charge is 0.248 e. The first-order valence-electron chi connectivity index (χ1n) is 11.0. The number of aliphatic hydroxyl groups is 3. The Labute approximate surface area is 202 Å². The largest absolute Gasteiger partial charge is 0.393 e. The molecule has 2 aromatic carbocycles. The van der Waals surface area contributed by atoms with Crippen molar-refractivity contribution >= 4 is 16.1 Å². The zero-order valence-corrected chi connectivity index (χ0v) is 19.8. The van der Waals surface area contributed by atoms with Crippen molar-refractivity contribution in [1.82, 2.24) is 14.5 Å². The Bertz CT molecular complexity index is 1200. The van der Waals surface area contributed by atoms with Gasteiger partial charge in [-0.15, -0.1) is 0 Å². The van der Waals surface area contributed by atoms with Crippen LogP contribution in [0.25, 0.3) is 11.1 Å². The fourth-order valence-electron chi connectivity index (χ4n) is 4.00. The van der Waals surface area contributed by atoms with E-state index in [1.807, 2.05) is 24.3 Å². The van der Waals surface area contributed by atoms with Gasteiger partial charge in [0.15, 0.2) is 0 Å². The minimum absolute atomic E-state index is 0.212. The topological polar surface area (TPSA) is 98.8 Å².